The van der Waals surface area contributed by atoms with Crippen molar-refractivity contribution < 1.29 is 9.21 Å². The molecule has 0 fully saturated rings. The van der Waals surface area contributed by atoms with Crippen LogP contribution in [0.1, 0.15) is 16.1 Å². The Morgan fingerprint density at radius 2 is 2.36 bits per heavy atom. The van der Waals surface area contributed by atoms with Crippen molar-refractivity contribution >= 4 is 23.1 Å². The fourth-order valence-corrected chi connectivity index (χ4v) is 1.31. The van der Waals surface area contributed by atoms with Gasteiger partial charge in [0.15, 0.2) is 0 Å². The van der Waals surface area contributed by atoms with Crippen molar-refractivity contribution in [2.75, 3.05) is 13.6 Å². The minimum Gasteiger partial charge on any atom is -0.469 e. The van der Waals surface area contributed by atoms with Gasteiger partial charge in [-0.25, -0.2) is 0 Å². The van der Waals surface area contributed by atoms with Gasteiger partial charge in [0.25, 0.3) is 5.91 Å². The third-order valence-corrected chi connectivity index (χ3v) is 1.96. The van der Waals surface area contributed by atoms with Crippen LogP contribution in [0, 0.1) is 6.92 Å². The number of amides is 1. The van der Waals surface area contributed by atoms with E-state index in [0.717, 1.165) is 0 Å². The van der Waals surface area contributed by atoms with Crippen LogP contribution in [0.5, 0.6) is 0 Å². The highest BCUT2D eigenvalue weighted by molar-refractivity contribution is 7.80. The van der Waals surface area contributed by atoms with Crippen molar-refractivity contribution in [3.05, 3.63) is 23.7 Å². The smallest absolute Gasteiger partial charge is 0.257 e. The molecule has 1 aromatic heterocycles. The number of carbonyl (C=O) groups excluding carboxylic acids is 1. The molecule has 1 rings (SSSR count). The lowest BCUT2D eigenvalue weighted by atomic mass is 10.2. The number of thiocarbonyl (C=S) groups is 1. The molecule has 14 heavy (non-hydrogen) atoms. The molecule has 4 nitrogen and oxygen atoms in total. The van der Waals surface area contributed by atoms with E-state index in [1.54, 1.807) is 20.0 Å². The Morgan fingerprint density at radius 3 is 2.79 bits per heavy atom. The minimum atomic E-state index is -0.135. The molecular formula is C9H12N2O2S. The average molecular weight is 212 g/mol. The number of rotatable bonds is 3. The molecule has 0 saturated carbocycles. The average Bonchev–Trinajstić information content (AvgIpc) is 2.48. The largest absolute Gasteiger partial charge is 0.469 e. The van der Waals surface area contributed by atoms with E-state index in [1.807, 2.05) is 0 Å². The van der Waals surface area contributed by atoms with Gasteiger partial charge in [-0.2, -0.15) is 0 Å². The summed E-state index contributed by atoms with van der Waals surface area (Å²) in [5.41, 5.74) is 5.88. The monoisotopic (exact) mass is 212 g/mol. The third kappa shape index (κ3) is 2.32. The predicted molar refractivity (Wildman–Crippen MR) is 57.2 cm³/mol. The number of carbonyl (C=O) groups is 1. The second-order valence-electron chi connectivity index (χ2n) is 3.02. The summed E-state index contributed by atoms with van der Waals surface area (Å²) >= 11 is 4.71. The van der Waals surface area contributed by atoms with Crippen molar-refractivity contribution in [3.63, 3.8) is 0 Å². The lowest BCUT2D eigenvalue weighted by Gasteiger charge is -2.15. The zero-order valence-electron chi connectivity index (χ0n) is 8.11. The molecular weight excluding hydrogens is 200 g/mol. The predicted octanol–water partition coefficient (Wildman–Crippen LogP) is 0.946. The van der Waals surface area contributed by atoms with Crippen LogP contribution in [0.15, 0.2) is 16.7 Å². The Balaban J connectivity index is 2.76. The zero-order valence-corrected chi connectivity index (χ0v) is 8.93. The molecule has 5 heteroatoms. The van der Waals surface area contributed by atoms with Gasteiger partial charge in [0.1, 0.15) is 5.76 Å². The van der Waals surface area contributed by atoms with E-state index >= 15 is 0 Å². The van der Waals surface area contributed by atoms with E-state index in [9.17, 15) is 4.79 Å². The van der Waals surface area contributed by atoms with Crippen molar-refractivity contribution in [1.29, 1.82) is 0 Å². The van der Waals surface area contributed by atoms with Crippen molar-refractivity contribution in [1.82, 2.24) is 4.90 Å². The fraction of sp³-hybridized carbons (Fsp3) is 0.333. The van der Waals surface area contributed by atoms with E-state index in [1.165, 1.54) is 11.2 Å². The normalized spacial score (nSPS) is 9.86. The van der Waals surface area contributed by atoms with Crippen LogP contribution in [0.3, 0.4) is 0 Å². The molecule has 0 aliphatic carbocycles. The van der Waals surface area contributed by atoms with Crippen LogP contribution in [-0.2, 0) is 0 Å². The molecule has 2 N–H and O–H groups in total. The van der Waals surface area contributed by atoms with E-state index in [-0.39, 0.29) is 12.5 Å². The van der Waals surface area contributed by atoms with Crippen LogP contribution >= 0.6 is 12.2 Å². The molecule has 1 heterocycles. The summed E-state index contributed by atoms with van der Waals surface area (Å²) in [5, 5.41) is 0. The van der Waals surface area contributed by atoms with Crippen LogP contribution in [0.25, 0.3) is 0 Å². The van der Waals surface area contributed by atoms with Crippen molar-refractivity contribution in [3.8, 4) is 0 Å². The first-order chi connectivity index (χ1) is 6.52. The Morgan fingerprint density at radius 1 is 1.71 bits per heavy atom. The topological polar surface area (TPSA) is 59.5 Å². The molecule has 0 spiro atoms. The van der Waals surface area contributed by atoms with Crippen LogP contribution in [0.2, 0.25) is 0 Å². The van der Waals surface area contributed by atoms with Gasteiger partial charge in [-0.3, -0.25) is 4.79 Å². The molecule has 1 aromatic rings. The molecule has 0 aliphatic rings. The molecule has 1 amide bonds. The van der Waals surface area contributed by atoms with Gasteiger partial charge in [-0.05, 0) is 13.0 Å². The number of nitrogens with zero attached hydrogens (tertiary/aromatic N) is 1. The summed E-state index contributed by atoms with van der Waals surface area (Å²) in [7, 11) is 1.65. The number of hydrogen-bond acceptors (Lipinski definition) is 3. The maximum atomic E-state index is 11.7. The van der Waals surface area contributed by atoms with Gasteiger partial charge >= 0.3 is 0 Å². The molecule has 0 unspecified atom stereocenters. The molecule has 0 radical (unpaired) electrons. The molecule has 0 aliphatic heterocycles. The summed E-state index contributed by atoms with van der Waals surface area (Å²) in [4.78, 5) is 13.5. The van der Waals surface area contributed by atoms with E-state index < -0.39 is 0 Å². The van der Waals surface area contributed by atoms with Crippen molar-refractivity contribution in [2.45, 2.75) is 6.92 Å². The second kappa shape index (κ2) is 4.23. The highest BCUT2D eigenvalue weighted by Gasteiger charge is 2.16. The summed E-state index contributed by atoms with van der Waals surface area (Å²) in [6, 6.07) is 1.63. The standard InChI is InChI=1S/C9H12N2O2S/c1-6-7(3-4-13-6)9(12)11(2)5-8(10)14/h3-4H,5H2,1-2H3,(H2,10,14). The van der Waals surface area contributed by atoms with Gasteiger partial charge in [0.2, 0.25) is 0 Å². The lowest BCUT2D eigenvalue weighted by Crippen LogP contribution is -2.34. The first-order valence-corrected chi connectivity index (χ1v) is 4.51. The van der Waals surface area contributed by atoms with Gasteiger partial charge in [0.05, 0.1) is 23.4 Å². The Bertz CT molecular complexity index is 359. The SMILES string of the molecule is Cc1occc1C(=O)N(C)CC(N)=S. The Labute approximate surface area is 87.7 Å². The maximum Gasteiger partial charge on any atom is 0.257 e. The number of nitrogens with two attached hydrogens (primary N) is 1. The van der Waals surface area contributed by atoms with Gasteiger partial charge in [0, 0.05) is 7.05 Å². The highest BCUT2D eigenvalue weighted by Crippen LogP contribution is 2.10. The molecule has 0 bridgehead atoms. The fourth-order valence-electron chi connectivity index (χ4n) is 1.12. The maximum absolute atomic E-state index is 11.7. The van der Waals surface area contributed by atoms with E-state index in [0.29, 0.717) is 16.3 Å². The summed E-state index contributed by atoms with van der Waals surface area (Å²) in [6.45, 7) is 2.01. The summed E-state index contributed by atoms with van der Waals surface area (Å²) < 4.78 is 5.03. The van der Waals surface area contributed by atoms with Crippen LogP contribution in [-0.4, -0.2) is 29.4 Å². The number of aryl methyl sites for hydroxylation is 1. The van der Waals surface area contributed by atoms with Crippen molar-refractivity contribution in [2.24, 2.45) is 5.73 Å². The minimum absolute atomic E-state index is 0.135. The highest BCUT2D eigenvalue weighted by atomic mass is 32.1. The third-order valence-electron chi connectivity index (χ3n) is 1.83. The first kappa shape index (κ1) is 10.7. The van der Waals surface area contributed by atoms with E-state index in [2.05, 4.69) is 0 Å². The van der Waals surface area contributed by atoms with Gasteiger partial charge in [-0.15, -0.1) is 0 Å². The lowest BCUT2D eigenvalue weighted by molar-refractivity contribution is 0.0813. The van der Waals surface area contributed by atoms with Crippen LogP contribution in [0.4, 0.5) is 0 Å². The molecule has 76 valence electrons. The summed E-state index contributed by atoms with van der Waals surface area (Å²) in [6.07, 6.45) is 1.48. The number of hydrogen-bond donors (Lipinski definition) is 1. The quantitative estimate of drug-likeness (QED) is 0.758. The number of likely N-dealkylation sites (N-methyl/N-ethyl adjacent to an activating group) is 1. The Hall–Kier alpha value is -1.36. The second-order valence-corrected chi connectivity index (χ2v) is 3.54. The zero-order chi connectivity index (χ0) is 10.7. The molecule has 0 saturated heterocycles. The Kier molecular flexibility index (Phi) is 3.24. The number of furan rings is 1. The summed E-state index contributed by atoms with van der Waals surface area (Å²) in [5.74, 6) is 0.467. The first-order valence-electron chi connectivity index (χ1n) is 4.10. The van der Waals surface area contributed by atoms with E-state index in [4.69, 9.17) is 22.4 Å². The van der Waals surface area contributed by atoms with Gasteiger partial charge in [-0.1, -0.05) is 12.2 Å². The van der Waals surface area contributed by atoms with Gasteiger partial charge < -0.3 is 15.1 Å². The van der Waals surface area contributed by atoms with Crippen LogP contribution < -0.4 is 5.73 Å². The molecule has 0 atom stereocenters. The molecule has 0 aromatic carbocycles.